The SMILES string of the molecule is Nc1ccccc1OCCCC(=O)Nc1cc(Cl)ccc1Oc1ccccc1. The van der Waals surface area contributed by atoms with Crippen LogP contribution in [0.1, 0.15) is 12.8 Å². The van der Waals surface area contributed by atoms with Crippen molar-refractivity contribution in [2.45, 2.75) is 12.8 Å². The van der Waals surface area contributed by atoms with Crippen LogP contribution in [-0.2, 0) is 4.79 Å². The molecule has 6 heteroatoms. The first-order chi connectivity index (χ1) is 13.6. The highest BCUT2D eigenvalue weighted by molar-refractivity contribution is 6.31. The van der Waals surface area contributed by atoms with E-state index in [1.165, 1.54) is 0 Å². The molecule has 3 N–H and O–H groups in total. The van der Waals surface area contributed by atoms with E-state index < -0.39 is 0 Å². The first-order valence-corrected chi connectivity index (χ1v) is 9.29. The molecule has 3 aromatic rings. The van der Waals surface area contributed by atoms with Gasteiger partial charge in [-0.2, -0.15) is 0 Å². The third-order valence-electron chi connectivity index (χ3n) is 3.91. The molecule has 0 aliphatic heterocycles. The molecule has 0 fully saturated rings. The maximum Gasteiger partial charge on any atom is 0.224 e. The lowest BCUT2D eigenvalue weighted by atomic mass is 10.2. The van der Waals surface area contributed by atoms with Crippen molar-refractivity contribution in [3.63, 3.8) is 0 Å². The molecule has 0 spiro atoms. The summed E-state index contributed by atoms with van der Waals surface area (Å²) < 4.78 is 11.5. The van der Waals surface area contributed by atoms with Crippen LogP contribution in [0.4, 0.5) is 11.4 Å². The highest BCUT2D eigenvalue weighted by atomic mass is 35.5. The van der Waals surface area contributed by atoms with E-state index in [0.29, 0.717) is 53.1 Å². The number of para-hydroxylation sites is 3. The topological polar surface area (TPSA) is 73.6 Å². The molecule has 0 aliphatic rings. The second-order valence-corrected chi connectivity index (χ2v) is 6.53. The van der Waals surface area contributed by atoms with Crippen molar-refractivity contribution in [1.82, 2.24) is 0 Å². The van der Waals surface area contributed by atoms with Crippen molar-refractivity contribution >= 4 is 28.9 Å². The van der Waals surface area contributed by atoms with Crippen LogP contribution in [0.3, 0.4) is 0 Å². The van der Waals surface area contributed by atoms with Crippen LogP contribution < -0.4 is 20.5 Å². The quantitative estimate of drug-likeness (QED) is 0.388. The van der Waals surface area contributed by atoms with Gasteiger partial charge in [0.05, 0.1) is 18.0 Å². The Balaban J connectivity index is 1.54. The number of carbonyl (C=O) groups excluding carboxylic acids is 1. The van der Waals surface area contributed by atoms with E-state index in [1.807, 2.05) is 42.5 Å². The Kier molecular flexibility index (Phi) is 6.76. The van der Waals surface area contributed by atoms with Gasteiger partial charge in [0.1, 0.15) is 11.5 Å². The average Bonchev–Trinajstić information content (AvgIpc) is 2.69. The molecular weight excluding hydrogens is 376 g/mol. The summed E-state index contributed by atoms with van der Waals surface area (Å²) in [6.45, 7) is 0.393. The van der Waals surface area contributed by atoms with Crippen molar-refractivity contribution < 1.29 is 14.3 Å². The highest BCUT2D eigenvalue weighted by Crippen LogP contribution is 2.32. The van der Waals surface area contributed by atoms with E-state index in [-0.39, 0.29) is 5.91 Å². The highest BCUT2D eigenvalue weighted by Gasteiger charge is 2.10. The normalized spacial score (nSPS) is 10.3. The zero-order valence-electron chi connectivity index (χ0n) is 15.2. The fourth-order valence-corrected chi connectivity index (χ4v) is 2.72. The van der Waals surface area contributed by atoms with Crippen LogP contribution in [0.2, 0.25) is 5.02 Å². The fourth-order valence-electron chi connectivity index (χ4n) is 2.54. The van der Waals surface area contributed by atoms with Gasteiger partial charge in [-0.3, -0.25) is 4.79 Å². The number of ether oxygens (including phenoxy) is 2. The monoisotopic (exact) mass is 396 g/mol. The lowest BCUT2D eigenvalue weighted by Crippen LogP contribution is -2.13. The summed E-state index contributed by atoms with van der Waals surface area (Å²) in [5, 5.41) is 3.37. The van der Waals surface area contributed by atoms with Gasteiger partial charge >= 0.3 is 0 Å². The summed E-state index contributed by atoms with van der Waals surface area (Å²) in [5.74, 6) is 1.67. The second kappa shape index (κ2) is 9.67. The van der Waals surface area contributed by atoms with Crippen LogP contribution in [0.25, 0.3) is 0 Å². The summed E-state index contributed by atoms with van der Waals surface area (Å²) in [5.41, 5.74) is 6.93. The Hall–Kier alpha value is -3.18. The molecule has 0 aromatic heterocycles. The van der Waals surface area contributed by atoms with Gasteiger partial charge in [-0.05, 0) is 48.9 Å². The zero-order valence-corrected chi connectivity index (χ0v) is 16.0. The Morgan fingerprint density at radius 1 is 0.964 bits per heavy atom. The van der Waals surface area contributed by atoms with Crippen LogP contribution >= 0.6 is 11.6 Å². The van der Waals surface area contributed by atoms with Gasteiger partial charge in [0, 0.05) is 11.4 Å². The molecule has 28 heavy (non-hydrogen) atoms. The Morgan fingerprint density at radius 2 is 1.71 bits per heavy atom. The van der Waals surface area contributed by atoms with Crippen LogP contribution in [0, 0.1) is 0 Å². The van der Waals surface area contributed by atoms with Crippen LogP contribution in [0.5, 0.6) is 17.2 Å². The number of nitrogens with two attached hydrogens (primary N) is 1. The first kappa shape index (κ1) is 19.6. The summed E-state index contributed by atoms with van der Waals surface area (Å²) in [6.07, 6.45) is 0.847. The minimum atomic E-state index is -0.148. The molecule has 0 bridgehead atoms. The van der Waals surface area contributed by atoms with E-state index >= 15 is 0 Å². The Labute approximate surface area is 169 Å². The molecule has 0 heterocycles. The summed E-state index contributed by atoms with van der Waals surface area (Å²) in [4.78, 5) is 12.3. The second-order valence-electron chi connectivity index (χ2n) is 6.09. The van der Waals surface area contributed by atoms with Gasteiger partial charge in [0.2, 0.25) is 5.91 Å². The standard InChI is InChI=1S/C22H21ClN2O3/c23-16-12-13-21(28-17-7-2-1-3-8-17)19(15-16)25-22(26)11-6-14-27-20-10-5-4-9-18(20)24/h1-5,7-10,12-13,15H,6,11,14,24H2,(H,25,26). The maximum absolute atomic E-state index is 12.3. The third-order valence-corrected chi connectivity index (χ3v) is 4.15. The smallest absolute Gasteiger partial charge is 0.224 e. The average molecular weight is 397 g/mol. The molecule has 144 valence electrons. The van der Waals surface area contributed by atoms with Crippen molar-refractivity contribution in [3.05, 3.63) is 77.8 Å². The van der Waals surface area contributed by atoms with Crippen molar-refractivity contribution in [2.24, 2.45) is 0 Å². The lowest BCUT2D eigenvalue weighted by Gasteiger charge is -2.13. The number of nitrogens with one attached hydrogen (secondary N) is 1. The van der Waals surface area contributed by atoms with Gasteiger partial charge < -0.3 is 20.5 Å². The third kappa shape index (κ3) is 5.66. The van der Waals surface area contributed by atoms with Gasteiger partial charge in [-0.25, -0.2) is 0 Å². The predicted molar refractivity (Wildman–Crippen MR) is 112 cm³/mol. The molecule has 0 saturated carbocycles. The molecule has 0 radical (unpaired) electrons. The van der Waals surface area contributed by atoms with Crippen molar-refractivity contribution in [2.75, 3.05) is 17.7 Å². The van der Waals surface area contributed by atoms with Crippen molar-refractivity contribution in [3.8, 4) is 17.2 Å². The minimum absolute atomic E-state index is 0.148. The summed E-state index contributed by atoms with van der Waals surface area (Å²) >= 11 is 6.07. The zero-order chi connectivity index (χ0) is 19.8. The van der Waals surface area contributed by atoms with E-state index in [1.54, 1.807) is 30.3 Å². The van der Waals surface area contributed by atoms with E-state index in [0.717, 1.165) is 0 Å². The van der Waals surface area contributed by atoms with Gasteiger partial charge in [-0.1, -0.05) is 41.9 Å². The van der Waals surface area contributed by atoms with Gasteiger partial charge in [-0.15, -0.1) is 0 Å². The summed E-state index contributed by atoms with van der Waals surface area (Å²) in [6, 6.07) is 21.7. The number of benzene rings is 3. The molecule has 0 atom stereocenters. The van der Waals surface area contributed by atoms with E-state index in [2.05, 4.69) is 5.32 Å². The number of hydrogen-bond acceptors (Lipinski definition) is 4. The number of rotatable bonds is 8. The number of amides is 1. The van der Waals surface area contributed by atoms with Crippen LogP contribution in [-0.4, -0.2) is 12.5 Å². The number of nitrogen functional groups attached to an aromatic ring is 1. The fraction of sp³-hybridized carbons (Fsp3) is 0.136. The minimum Gasteiger partial charge on any atom is -0.491 e. The molecule has 0 saturated heterocycles. The van der Waals surface area contributed by atoms with Crippen LogP contribution in [0.15, 0.2) is 72.8 Å². The first-order valence-electron chi connectivity index (χ1n) is 8.91. The molecule has 3 aromatic carbocycles. The Bertz CT molecular complexity index is 932. The number of carbonyl (C=O) groups is 1. The van der Waals surface area contributed by atoms with Gasteiger partial charge in [0.25, 0.3) is 0 Å². The number of halogens is 1. The van der Waals surface area contributed by atoms with E-state index in [4.69, 9.17) is 26.8 Å². The van der Waals surface area contributed by atoms with E-state index in [9.17, 15) is 4.79 Å². The maximum atomic E-state index is 12.3. The molecule has 0 unspecified atom stereocenters. The summed E-state index contributed by atoms with van der Waals surface area (Å²) in [7, 11) is 0. The molecule has 5 nitrogen and oxygen atoms in total. The van der Waals surface area contributed by atoms with Crippen molar-refractivity contribution in [1.29, 1.82) is 0 Å². The predicted octanol–water partition coefficient (Wildman–Crippen LogP) is 5.51. The molecule has 3 rings (SSSR count). The largest absolute Gasteiger partial charge is 0.491 e. The molecular formula is C22H21ClN2O3. The Morgan fingerprint density at radius 3 is 2.50 bits per heavy atom. The van der Waals surface area contributed by atoms with Gasteiger partial charge in [0.15, 0.2) is 5.75 Å². The molecule has 0 aliphatic carbocycles. The molecule has 1 amide bonds. The number of anilines is 2. The lowest BCUT2D eigenvalue weighted by molar-refractivity contribution is -0.116. The number of hydrogen-bond donors (Lipinski definition) is 2.